The molecule has 0 saturated carbocycles. The minimum absolute atomic E-state index is 0.0357. The number of ether oxygens (including phenoxy) is 2. The lowest BCUT2D eigenvalue weighted by molar-refractivity contribution is 0.0755. The normalized spacial score (nSPS) is 16.6. The Bertz CT molecular complexity index is 272. The van der Waals surface area contributed by atoms with Gasteiger partial charge in [-0.3, -0.25) is 5.41 Å². The number of amides is 1. The number of nitrogens with one attached hydrogen (secondary N) is 1. The van der Waals surface area contributed by atoms with Gasteiger partial charge in [0.1, 0.15) is 11.7 Å². The van der Waals surface area contributed by atoms with Crippen LogP contribution in [0.5, 0.6) is 0 Å². The summed E-state index contributed by atoms with van der Waals surface area (Å²) in [6.07, 6.45) is 1.35. The fourth-order valence-corrected chi connectivity index (χ4v) is 2.07. The van der Waals surface area contributed by atoms with Crippen molar-refractivity contribution in [2.24, 2.45) is 0 Å². The third kappa shape index (κ3) is 5.62. The van der Waals surface area contributed by atoms with Crippen LogP contribution in [0.25, 0.3) is 0 Å². The van der Waals surface area contributed by atoms with Crippen LogP contribution in [0.4, 0.5) is 4.79 Å². The van der Waals surface area contributed by atoms with Gasteiger partial charge in [0.15, 0.2) is 0 Å². The number of morpholine rings is 1. The van der Waals surface area contributed by atoms with E-state index in [-0.39, 0.29) is 6.61 Å². The van der Waals surface area contributed by atoms with E-state index >= 15 is 0 Å². The zero-order valence-electron chi connectivity index (χ0n) is 9.97. The highest BCUT2D eigenvalue weighted by molar-refractivity contribution is 8.13. The molecule has 0 aromatic carbocycles. The van der Waals surface area contributed by atoms with Crippen LogP contribution in [-0.4, -0.2) is 66.0 Å². The lowest BCUT2D eigenvalue weighted by Gasteiger charge is -2.28. The predicted octanol–water partition coefficient (Wildman–Crippen LogP) is 1.29. The Morgan fingerprint density at radius 1 is 1.53 bits per heavy atom. The van der Waals surface area contributed by atoms with Crippen LogP contribution in [0.1, 0.15) is 0 Å². The maximum absolute atomic E-state index is 11.6. The minimum Gasteiger partial charge on any atom is -0.442 e. The van der Waals surface area contributed by atoms with Gasteiger partial charge in [-0.2, -0.15) is 0 Å². The summed E-state index contributed by atoms with van der Waals surface area (Å²) in [4.78, 5) is 11.6. The van der Waals surface area contributed by atoms with E-state index in [2.05, 4.69) is 0 Å². The summed E-state index contributed by atoms with van der Waals surface area (Å²) >= 11 is 2.59. The molecule has 0 atom stereocenters. The fraction of sp³-hybridized carbons (Fsp3) is 0.778. The molecule has 6 nitrogen and oxygen atoms in total. The van der Waals surface area contributed by atoms with Crippen LogP contribution in [0.15, 0.2) is 0 Å². The van der Waals surface area contributed by atoms with E-state index < -0.39 is 6.09 Å². The summed E-state index contributed by atoms with van der Waals surface area (Å²) in [5.41, 5.74) is 0. The van der Waals surface area contributed by atoms with Crippen LogP contribution in [0.3, 0.4) is 0 Å². The zero-order valence-corrected chi connectivity index (χ0v) is 11.6. The van der Waals surface area contributed by atoms with Gasteiger partial charge in [0.2, 0.25) is 0 Å². The predicted molar refractivity (Wildman–Crippen MR) is 70.3 cm³/mol. The molecule has 17 heavy (non-hydrogen) atoms. The highest BCUT2D eigenvalue weighted by Gasteiger charge is 2.18. The molecular weight excluding hydrogens is 262 g/mol. The second-order valence-electron chi connectivity index (χ2n) is 3.30. The molecule has 0 spiro atoms. The molecule has 0 aliphatic carbocycles. The zero-order chi connectivity index (χ0) is 12.7. The first-order valence-corrected chi connectivity index (χ1v) is 7.11. The quantitative estimate of drug-likeness (QED) is 0.475. The third-order valence-electron chi connectivity index (χ3n) is 2.04. The molecule has 1 amide bonds. The maximum atomic E-state index is 11.6. The largest absolute Gasteiger partial charge is 0.442 e. The Kier molecular flexibility index (Phi) is 6.71. The minimum atomic E-state index is -0.430. The first-order valence-electron chi connectivity index (χ1n) is 5.16. The first-order chi connectivity index (χ1) is 8.13. The highest BCUT2D eigenvalue weighted by Crippen LogP contribution is 2.16. The SMILES string of the molecule is CSC(=N)COC(=O)N(C)SN1CCOCC1. The van der Waals surface area contributed by atoms with E-state index in [0.717, 1.165) is 13.1 Å². The average Bonchev–Trinajstić information content (AvgIpc) is 2.36. The van der Waals surface area contributed by atoms with Crippen molar-refractivity contribution in [3.63, 3.8) is 0 Å². The summed E-state index contributed by atoms with van der Waals surface area (Å²) in [6.45, 7) is 3.00. The van der Waals surface area contributed by atoms with E-state index in [0.29, 0.717) is 18.3 Å². The monoisotopic (exact) mass is 279 g/mol. The standard InChI is InChI=1S/C9H17N3O3S2/c1-11(9(13)15-7-8(10)16-2)17-12-3-5-14-6-4-12/h10H,3-7H2,1-2H3. The lowest BCUT2D eigenvalue weighted by Crippen LogP contribution is -2.35. The molecule has 0 aromatic rings. The summed E-state index contributed by atoms with van der Waals surface area (Å²) in [6, 6.07) is 0. The van der Waals surface area contributed by atoms with Gasteiger partial charge in [-0.05, 0) is 6.26 Å². The van der Waals surface area contributed by atoms with Crippen LogP contribution in [0, 0.1) is 5.41 Å². The number of rotatable bonds is 4. The Hall–Kier alpha value is -0.440. The van der Waals surface area contributed by atoms with Gasteiger partial charge in [0.25, 0.3) is 0 Å². The molecule has 0 bridgehead atoms. The van der Waals surface area contributed by atoms with Gasteiger partial charge in [-0.1, -0.05) is 0 Å². The Balaban J connectivity index is 2.23. The molecule has 1 saturated heterocycles. The van der Waals surface area contributed by atoms with Gasteiger partial charge in [-0.15, -0.1) is 11.8 Å². The Morgan fingerprint density at radius 2 is 2.18 bits per heavy atom. The summed E-state index contributed by atoms with van der Waals surface area (Å²) in [7, 11) is 1.66. The molecule has 1 aliphatic rings. The van der Waals surface area contributed by atoms with Crippen molar-refractivity contribution >= 4 is 35.0 Å². The Morgan fingerprint density at radius 3 is 2.76 bits per heavy atom. The molecule has 0 radical (unpaired) electrons. The van der Waals surface area contributed by atoms with Crippen molar-refractivity contribution < 1.29 is 14.3 Å². The lowest BCUT2D eigenvalue weighted by atomic mass is 10.5. The van der Waals surface area contributed by atoms with E-state index in [4.69, 9.17) is 14.9 Å². The number of thioether (sulfide) groups is 1. The molecule has 8 heteroatoms. The van der Waals surface area contributed by atoms with Crippen LogP contribution < -0.4 is 0 Å². The van der Waals surface area contributed by atoms with Crippen molar-refractivity contribution in [2.75, 3.05) is 46.2 Å². The van der Waals surface area contributed by atoms with E-state index in [1.54, 1.807) is 13.3 Å². The first kappa shape index (κ1) is 14.6. The van der Waals surface area contributed by atoms with Gasteiger partial charge in [0.05, 0.1) is 13.2 Å². The third-order valence-corrected chi connectivity index (χ3v) is 3.64. The van der Waals surface area contributed by atoms with Crippen molar-refractivity contribution in [2.45, 2.75) is 0 Å². The van der Waals surface area contributed by atoms with Crippen molar-refractivity contribution in [1.29, 1.82) is 5.41 Å². The van der Waals surface area contributed by atoms with Crippen molar-refractivity contribution in [1.82, 2.24) is 8.61 Å². The summed E-state index contributed by atoms with van der Waals surface area (Å²) < 4.78 is 13.7. The molecule has 98 valence electrons. The summed E-state index contributed by atoms with van der Waals surface area (Å²) in [5.74, 6) is 0. The van der Waals surface area contributed by atoms with Gasteiger partial charge in [0, 0.05) is 32.3 Å². The number of carbonyl (C=O) groups is 1. The molecule has 1 heterocycles. The molecule has 1 fully saturated rings. The van der Waals surface area contributed by atoms with E-state index in [9.17, 15) is 4.79 Å². The molecule has 1 N–H and O–H groups in total. The maximum Gasteiger partial charge on any atom is 0.421 e. The van der Waals surface area contributed by atoms with Crippen LogP contribution in [-0.2, 0) is 9.47 Å². The van der Waals surface area contributed by atoms with Gasteiger partial charge >= 0.3 is 6.09 Å². The van der Waals surface area contributed by atoms with Gasteiger partial charge < -0.3 is 9.47 Å². The number of carbonyl (C=O) groups excluding carboxylic acids is 1. The second-order valence-corrected chi connectivity index (χ2v) is 5.43. The molecule has 0 aromatic heterocycles. The average molecular weight is 279 g/mol. The molecule has 1 aliphatic heterocycles. The number of nitrogens with zero attached hydrogens (tertiary/aromatic N) is 2. The molecular formula is C9H17N3O3S2. The smallest absolute Gasteiger partial charge is 0.421 e. The van der Waals surface area contributed by atoms with E-state index in [1.807, 2.05) is 4.31 Å². The highest BCUT2D eigenvalue weighted by atomic mass is 32.2. The van der Waals surface area contributed by atoms with Crippen molar-refractivity contribution in [3.05, 3.63) is 0 Å². The second kappa shape index (κ2) is 7.80. The molecule has 0 unspecified atom stereocenters. The van der Waals surface area contributed by atoms with Crippen LogP contribution >= 0.6 is 23.9 Å². The Labute approximate surface area is 110 Å². The summed E-state index contributed by atoms with van der Waals surface area (Å²) in [5, 5.41) is 7.69. The van der Waals surface area contributed by atoms with Crippen LogP contribution in [0.2, 0.25) is 0 Å². The molecule has 1 rings (SSSR count). The van der Waals surface area contributed by atoms with E-state index in [1.165, 1.54) is 28.2 Å². The topological polar surface area (TPSA) is 65.9 Å². The number of hydrogen-bond acceptors (Lipinski definition) is 7. The van der Waals surface area contributed by atoms with Gasteiger partial charge in [-0.25, -0.2) is 13.4 Å². The number of hydrogen-bond donors (Lipinski definition) is 1. The van der Waals surface area contributed by atoms with Crippen molar-refractivity contribution in [3.8, 4) is 0 Å². The fourth-order valence-electron chi connectivity index (χ4n) is 1.11.